The highest BCUT2D eigenvalue weighted by Crippen LogP contribution is 2.06. The van der Waals surface area contributed by atoms with Crippen LogP contribution in [0.25, 0.3) is 0 Å². The third kappa shape index (κ3) is 1.25. The number of hydrogen-bond donors (Lipinski definition) is 0. The molecule has 0 saturated heterocycles. The molecule has 0 spiro atoms. The maximum Gasteiger partial charge on any atom is 0.159 e. The number of halogens is 2. The molecule has 0 saturated carbocycles. The predicted molar refractivity (Wildman–Crippen MR) is 30.8 cm³/mol. The summed E-state index contributed by atoms with van der Waals surface area (Å²) in [5.41, 5.74) is 0.480. The van der Waals surface area contributed by atoms with E-state index in [1.54, 1.807) is 0 Å². The molecule has 47 valence electrons. The van der Waals surface area contributed by atoms with Crippen LogP contribution in [0.4, 0.5) is 8.78 Å². The van der Waals surface area contributed by atoms with Crippen LogP contribution in [0.3, 0.4) is 0 Å². The van der Waals surface area contributed by atoms with Gasteiger partial charge >= 0.3 is 0 Å². The maximum atomic E-state index is 12.2. The lowest BCUT2D eigenvalue weighted by atomic mass is 10.2. The van der Waals surface area contributed by atoms with Gasteiger partial charge in [-0.2, -0.15) is 0 Å². The van der Waals surface area contributed by atoms with Crippen LogP contribution in [0.2, 0.25) is 0 Å². The Kier molecular flexibility index (Phi) is 1.47. The fraction of sp³-hybridized carbons (Fsp3) is 0. The van der Waals surface area contributed by atoms with Crippen LogP contribution < -0.4 is 0 Å². The fourth-order valence-corrected chi connectivity index (χ4v) is 0.540. The molecule has 9 heavy (non-hydrogen) atoms. The van der Waals surface area contributed by atoms with Gasteiger partial charge in [-0.25, -0.2) is 8.78 Å². The first-order chi connectivity index (χ1) is 4.20. The summed E-state index contributed by atoms with van der Waals surface area (Å²) in [6.07, 6.45) is 0. The summed E-state index contributed by atoms with van der Waals surface area (Å²) >= 11 is 0. The lowest BCUT2D eigenvalue weighted by molar-refractivity contribution is 0.508. The molecule has 1 radical (unpaired) electrons. The van der Waals surface area contributed by atoms with Gasteiger partial charge in [0.2, 0.25) is 0 Å². The molecule has 0 aromatic heterocycles. The van der Waals surface area contributed by atoms with E-state index in [9.17, 15) is 8.78 Å². The highest BCUT2D eigenvalue weighted by atomic mass is 19.2. The first kappa shape index (κ1) is 6.20. The Balaban J connectivity index is 3.17. The summed E-state index contributed by atoms with van der Waals surface area (Å²) in [5, 5.41) is 0. The van der Waals surface area contributed by atoms with E-state index < -0.39 is 11.6 Å². The minimum absolute atomic E-state index is 0.480. The van der Waals surface area contributed by atoms with Gasteiger partial charge in [0.25, 0.3) is 0 Å². The van der Waals surface area contributed by atoms with Crippen molar-refractivity contribution in [3.8, 4) is 0 Å². The van der Waals surface area contributed by atoms with E-state index in [1.165, 1.54) is 6.07 Å². The zero-order chi connectivity index (χ0) is 6.85. The van der Waals surface area contributed by atoms with Crippen LogP contribution in [0.5, 0.6) is 0 Å². The molecule has 0 atom stereocenters. The average molecular weight is 127 g/mol. The Morgan fingerprint density at radius 3 is 2.22 bits per heavy atom. The highest BCUT2D eigenvalue weighted by Gasteiger charge is 1.97. The minimum atomic E-state index is -0.845. The Morgan fingerprint density at radius 1 is 1.11 bits per heavy atom. The van der Waals surface area contributed by atoms with Crippen LogP contribution in [0, 0.1) is 18.6 Å². The molecule has 1 aromatic rings. The zero-order valence-electron chi connectivity index (χ0n) is 4.70. The van der Waals surface area contributed by atoms with E-state index in [4.69, 9.17) is 0 Å². The van der Waals surface area contributed by atoms with Crippen LogP contribution in [-0.4, -0.2) is 0 Å². The average Bonchev–Trinajstić information content (AvgIpc) is 1.80. The molecular formula is C7H5F2. The largest absolute Gasteiger partial charge is 0.204 e. The van der Waals surface area contributed by atoms with Gasteiger partial charge in [0.1, 0.15) is 0 Å². The topological polar surface area (TPSA) is 0 Å². The van der Waals surface area contributed by atoms with Gasteiger partial charge in [0.15, 0.2) is 11.6 Å². The Bertz CT molecular complexity index is 218. The first-order valence-corrected chi connectivity index (χ1v) is 2.47. The van der Waals surface area contributed by atoms with E-state index in [-0.39, 0.29) is 0 Å². The lowest BCUT2D eigenvalue weighted by Crippen LogP contribution is -1.82. The van der Waals surface area contributed by atoms with Crippen LogP contribution >= 0.6 is 0 Å². The van der Waals surface area contributed by atoms with Crippen molar-refractivity contribution < 1.29 is 8.78 Å². The molecule has 0 aliphatic heterocycles. The normalized spacial score (nSPS) is 9.67. The Labute approximate surface area is 52.1 Å². The molecule has 1 rings (SSSR count). The monoisotopic (exact) mass is 127 g/mol. The third-order valence-corrected chi connectivity index (χ3v) is 0.984. The van der Waals surface area contributed by atoms with Gasteiger partial charge in [0, 0.05) is 0 Å². The summed E-state index contributed by atoms with van der Waals surface area (Å²) in [5.74, 6) is -1.68. The number of benzene rings is 1. The second kappa shape index (κ2) is 2.13. The van der Waals surface area contributed by atoms with Crippen molar-refractivity contribution in [1.29, 1.82) is 0 Å². The Hall–Kier alpha value is -0.920. The van der Waals surface area contributed by atoms with E-state index in [0.717, 1.165) is 12.1 Å². The van der Waals surface area contributed by atoms with E-state index >= 15 is 0 Å². The molecule has 2 heteroatoms. The van der Waals surface area contributed by atoms with E-state index in [1.807, 2.05) is 0 Å². The SMILES string of the molecule is [CH2]c1ccc(F)c(F)c1. The second-order valence-electron chi connectivity index (χ2n) is 1.75. The van der Waals surface area contributed by atoms with Gasteiger partial charge in [-0.15, -0.1) is 0 Å². The van der Waals surface area contributed by atoms with Crippen molar-refractivity contribution >= 4 is 0 Å². The van der Waals surface area contributed by atoms with Crippen LogP contribution in [-0.2, 0) is 0 Å². The van der Waals surface area contributed by atoms with Crippen molar-refractivity contribution in [2.75, 3.05) is 0 Å². The molecule has 0 nitrogen and oxygen atoms in total. The lowest BCUT2D eigenvalue weighted by Gasteiger charge is -1.91. The van der Waals surface area contributed by atoms with E-state index in [0.29, 0.717) is 5.56 Å². The van der Waals surface area contributed by atoms with Crippen LogP contribution in [0.15, 0.2) is 18.2 Å². The van der Waals surface area contributed by atoms with Gasteiger partial charge in [-0.3, -0.25) is 0 Å². The third-order valence-electron chi connectivity index (χ3n) is 0.984. The van der Waals surface area contributed by atoms with Crippen molar-refractivity contribution in [2.24, 2.45) is 0 Å². The summed E-state index contributed by atoms with van der Waals surface area (Å²) in [4.78, 5) is 0. The summed E-state index contributed by atoms with van der Waals surface area (Å²) in [6, 6.07) is 3.52. The zero-order valence-corrected chi connectivity index (χ0v) is 4.70. The molecule has 0 unspecified atom stereocenters. The smallest absolute Gasteiger partial charge is 0.159 e. The molecule has 0 N–H and O–H groups in total. The van der Waals surface area contributed by atoms with E-state index in [2.05, 4.69) is 6.92 Å². The van der Waals surface area contributed by atoms with Gasteiger partial charge in [0.05, 0.1) is 0 Å². The van der Waals surface area contributed by atoms with Gasteiger partial charge in [-0.1, -0.05) is 6.07 Å². The summed E-state index contributed by atoms with van der Waals surface area (Å²) in [7, 11) is 0. The standard InChI is InChI=1S/C7H5F2/c1-5-2-3-6(8)7(9)4-5/h2-4H,1H2. The summed E-state index contributed by atoms with van der Waals surface area (Å²) < 4.78 is 24.3. The Morgan fingerprint density at radius 2 is 1.78 bits per heavy atom. The highest BCUT2D eigenvalue weighted by molar-refractivity contribution is 5.19. The quantitative estimate of drug-likeness (QED) is 0.501. The molecule has 0 heterocycles. The molecule has 0 aliphatic rings. The van der Waals surface area contributed by atoms with Crippen molar-refractivity contribution in [1.82, 2.24) is 0 Å². The predicted octanol–water partition coefficient (Wildman–Crippen LogP) is 2.15. The molecule has 0 bridgehead atoms. The van der Waals surface area contributed by atoms with Crippen molar-refractivity contribution in [3.63, 3.8) is 0 Å². The van der Waals surface area contributed by atoms with Crippen molar-refractivity contribution in [2.45, 2.75) is 0 Å². The molecule has 0 amide bonds. The number of rotatable bonds is 0. The second-order valence-corrected chi connectivity index (χ2v) is 1.75. The molecule has 0 aliphatic carbocycles. The molecule has 0 fully saturated rings. The van der Waals surface area contributed by atoms with Gasteiger partial charge < -0.3 is 0 Å². The molecule has 1 aromatic carbocycles. The minimum Gasteiger partial charge on any atom is -0.204 e. The van der Waals surface area contributed by atoms with Crippen molar-refractivity contribution in [3.05, 3.63) is 42.3 Å². The number of hydrogen-bond acceptors (Lipinski definition) is 0. The fourth-order valence-electron chi connectivity index (χ4n) is 0.540. The first-order valence-electron chi connectivity index (χ1n) is 2.47. The van der Waals surface area contributed by atoms with Crippen LogP contribution in [0.1, 0.15) is 5.56 Å². The molecular weight excluding hydrogens is 122 g/mol. The maximum absolute atomic E-state index is 12.2. The summed E-state index contributed by atoms with van der Waals surface area (Å²) in [6.45, 7) is 3.42. The van der Waals surface area contributed by atoms with Gasteiger partial charge in [-0.05, 0) is 24.6 Å².